The van der Waals surface area contributed by atoms with E-state index in [2.05, 4.69) is 23.1 Å². The van der Waals surface area contributed by atoms with E-state index in [0.29, 0.717) is 0 Å². The molecule has 1 aliphatic carbocycles. The van der Waals surface area contributed by atoms with Crippen LogP contribution in [0.15, 0.2) is 30.3 Å². The maximum Gasteiger partial charge on any atom is 0.155 e. The lowest BCUT2D eigenvalue weighted by Crippen LogP contribution is -2.53. The van der Waals surface area contributed by atoms with Crippen LogP contribution in [0.1, 0.15) is 47.5 Å². The molecular formula is C24H28N4OS. The summed E-state index contributed by atoms with van der Waals surface area (Å²) in [5.74, 6) is 1.80. The second-order valence-electron chi connectivity index (χ2n) is 8.55. The van der Waals surface area contributed by atoms with Crippen LogP contribution in [0, 0.1) is 0 Å². The smallest absolute Gasteiger partial charge is 0.155 e. The van der Waals surface area contributed by atoms with E-state index in [-0.39, 0.29) is 6.61 Å². The maximum atomic E-state index is 9.65. The van der Waals surface area contributed by atoms with Crippen molar-refractivity contribution in [1.82, 2.24) is 9.97 Å². The molecule has 156 valence electrons. The van der Waals surface area contributed by atoms with Crippen molar-refractivity contribution in [2.75, 3.05) is 24.6 Å². The minimum absolute atomic E-state index is 0.0406. The lowest BCUT2D eigenvalue weighted by molar-refractivity contribution is 0.170. The molecule has 2 aromatic heterocycles. The van der Waals surface area contributed by atoms with Crippen molar-refractivity contribution in [2.24, 2.45) is 5.73 Å². The van der Waals surface area contributed by atoms with Crippen LogP contribution in [-0.4, -0.2) is 40.3 Å². The number of aliphatic hydroxyl groups excluding tert-OH is 1. The molecule has 5 nitrogen and oxygen atoms in total. The molecule has 0 unspecified atom stereocenters. The molecule has 0 saturated carbocycles. The van der Waals surface area contributed by atoms with Gasteiger partial charge in [-0.05, 0) is 55.7 Å². The second kappa shape index (κ2) is 8.10. The summed E-state index contributed by atoms with van der Waals surface area (Å²) in [4.78, 5) is 14.9. The number of thiophene rings is 1. The van der Waals surface area contributed by atoms with Gasteiger partial charge in [0.25, 0.3) is 0 Å². The highest BCUT2D eigenvalue weighted by molar-refractivity contribution is 7.19. The lowest BCUT2D eigenvalue weighted by atomic mass is 9.89. The number of nitrogens with zero attached hydrogens (tertiary/aromatic N) is 3. The Morgan fingerprint density at radius 1 is 1.07 bits per heavy atom. The number of aryl methyl sites for hydroxylation is 2. The van der Waals surface area contributed by atoms with E-state index in [1.165, 1.54) is 28.7 Å². The quantitative estimate of drug-likeness (QED) is 0.666. The van der Waals surface area contributed by atoms with Gasteiger partial charge in [-0.2, -0.15) is 0 Å². The molecule has 1 saturated heterocycles. The van der Waals surface area contributed by atoms with Gasteiger partial charge in [0.2, 0.25) is 0 Å². The third-order valence-electron chi connectivity index (χ3n) is 6.41. The summed E-state index contributed by atoms with van der Waals surface area (Å²) in [6, 6.07) is 10.3. The summed E-state index contributed by atoms with van der Waals surface area (Å²) in [7, 11) is 0. The van der Waals surface area contributed by atoms with Crippen molar-refractivity contribution >= 4 is 39.5 Å². The van der Waals surface area contributed by atoms with Gasteiger partial charge in [0, 0.05) is 23.5 Å². The zero-order valence-corrected chi connectivity index (χ0v) is 18.0. The molecule has 3 heterocycles. The van der Waals surface area contributed by atoms with E-state index in [0.717, 1.165) is 60.8 Å². The molecule has 5 rings (SSSR count). The van der Waals surface area contributed by atoms with Crippen LogP contribution in [0.3, 0.4) is 0 Å². The van der Waals surface area contributed by atoms with Crippen LogP contribution in [0.5, 0.6) is 0 Å². The topological polar surface area (TPSA) is 75.3 Å². The summed E-state index contributed by atoms with van der Waals surface area (Å²) in [5.41, 5.74) is 8.46. The molecule has 3 N–H and O–H groups in total. The number of aromatic nitrogens is 2. The maximum absolute atomic E-state index is 9.65. The molecule has 1 aromatic carbocycles. The predicted molar refractivity (Wildman–Crippen MR) is 125 cm³/mol. The Kier molecular flexibility index (Phi) is 5.31. The Morgan fingerprint density at radius 3 is 2.60 bits per heavy atom. The third-order valence-corrected chi connectivity index (χ3v) is 7.60. The van der Waals surface area contributed by atoms with Crippen molar-refractivity contribution in [3.8, 4) is 0 Å². The van der Waals surface area contributed by atoms with Crippen molar-refractivity contribution < 1.29 is 5.11 Å². The first-order valence-electron chi connectivity index (χ1n) is 10.9. The van der Waals surface area contributed by atoms with E-state index >= 15 is 0 Å². The first-order chi connectivity index (χ1) is 14.6. The van der Waals surface area contributed by atoms with Crippen LogP contribution in [-0.2, 0) is 12.8 Å². The third kappa shape index (κ3) is 3.75. The predicted octanol–water partition coefficient (Wildman–Crippen LogP) is 4.03. The number of hydrogen-bond acceptors (Lipinski definition) is 6. The summed E-state index contributed by atoms with van der Waals surface area (Å²) in [6.45, 7) is 1.67. The van der Waals surface area contributed by atoms with E-state index in [1.54, 1.807) is 0 Å². The molecule has 0 amide bonds. The fourth-order valence-electron chi connectivity index (χ4n) is 4.51. The molecule has 0 bridgehead atoms. The first kappa shape index (κ1) is 19.7. The van der Waals surface area contributed by atoms with Gasteiger partial charge in [0.15, 0.2) is 5.82 Å². The van der Waals surface area contributed by atoms with Gasteiger partial charge in [0.1, 0.15) is 10.6 Å². The van der Waals surface area contributed by atoms with Crippen LogP contribution < -0.4 is 10.6 Å². The monoisotopic (exact) mass is 420 g/mol. The van der Waals surface area contributed by atoms with Crippen LogP contribution >= 0.6 is 11.3 Å². The van der Waals surface area contributed by atoms with Crippen LogP contribution in [0.2, 0.25) is 0 Å². The average molecular weight is 421 g/mol. The number of benzene rings is 1. The molecule has 6 heteroatoms. The van der Waals surface area contributed by atoms with Crippen molar-refractivity contribution in [3.63, 3.8) is 0 Å². The highest BCUT2D eigenvalue weighted by atomic mass is 32.1. The Hall–Kier alpha value is -2.28. The van der Waals surface area contributed by atoms with E-state index in [4.69, 9.17) is 15.7 Å². The van der Waals surface area contributed by atoms with Gasteiger partial charge in [-0.1, -0.05) is 36.4 Å². The number of rotatable bonds is 4. The van der Waals surface area contributed by atoms with Gasteiger partial charge in [-0.3, -0.25) is 0 Å². The highest BCUT2D eigenvalue weighted by Gasteiger charge is 2.32. The van der Waals surface area contributed by atoms with Crippen LogP contribution in [0.4, 0.5) is 5.82 Å². The Morgan fingerprint density at radius 2 is 1.83 bits per heavy atom. The zero-order chi connectivity index (χ0) is 20.6. The first-order valence-corrected chi connectivity index (χ1v) is 11.7. The normalized spacial score (nSPS) is 18.8. The molecule has 3 aromatic rings. The average Bonchev–Trinajstić information content (AvgIpc) is 3.17. The number of piperidine rings is 1. The number of fused-ring (bicyclic) bond motifs is 3. The van der Waals surface area contributed by atoms with Gasteiger partial charge in [-0.15, -0.1) is 11.3 Å². The molecule has 0 atom stereocenters. The summed E-state index contributed by atoms with van der Waals surface area (Å²) >= 11 is 1.84. The molecule has 0 spiro atoms. The standard InChI is InChI=1S/C24H28N4OS/c25-24(16-29)12-14-28(15-13-24)22-21-18-8-4-5-9-19(18)30-23(21)27-20(26-22)11-10-17-6-2-1-3-7-17/h1-3,6-7,10-11,29H,4-5,8-9,12-16,25H2/b11-10+. The largest absolute Gasteiger partial charge is 0.394 e. The van der Waals surface area contributed by atoms with Crippen molar-refractivity contribution in [2.45, 2.75) is 44.1 Å². The summed E-state index contributed by atoms with van der Waals surface area (Å²) < 4.78 is 0. The highest BCUT2D eigenvalue weighted by Crippen LogP contribution is 2.40. The minimum atomic E-state index is -0.466. The van der Waals surface area contributed by atoms with Gasteiger partial charge in [0.05, 0.1) is 12.0 Å². The SMILES string of the molecule is NC1(CO)CCN(c2nc(/C=C/c3ccccc3)nc3sc4c(c23)CCCC4)CC1. The molecule has 0 radical (unpaired) electrons. The van der Waals surface area contributed by atoms with Gasteiger partial charge < -0.3 is 15.7 Å². The van der Waals surface area contributed by atoms with Crippen molar-refractivity contribution in [3.05, 3.63) is 52.2 Å². The number of anilines is 1. The van der Waals surface area contributed by atoms with E-state index < -0.39 is 5.54 Å². The molecule has 1 aliphatic heterocycles. The minimum Gasteiger partial charge on any atom is -0.394 e. The Bertz CT molecular complexity index is 1070. The fourth-order valence-corrected chi connectivity index (χ4v) is 5.78. The summed E-state index contributed by atoms with van der Waals surface area (Å²) in [6.07, 6.45) is 10.4. The second-order valence-corrected chi connectivity index (χ2v) is 9.63. The van der Waals surface area contributed by atoms with E-state index in [1.807, 2.05) is 35.6 Å². The van der Waals surface area contributed by atoms with Gasteiger partial charge in [-0.25, -0.2) is 9.97 Å². The molecule has 2 aliphatic rings. The van der Waals surface area contributed by atoms with Crippen LogP contribution in [0.25, 0.3) is 22.4 Å². The van der Waals surface area contributed by atoms with Crippen molar-refractivity contribution in [1.29, 1.82) is 0 Å². The Labute approximate surface area is 181 Å². The fraction of sp³-hybridized carbons (Fsp3) is 0.417. The van der Waals surface area contributed by atoms with E-state index in [9.17, 15) is 5.11 Å². The zero-order valence-electron chi connectivity index (χ0n) is 17.2. The number of hydrogen-bond donors (Lipinski definition) is 2. The number of nitrogens with two attached hydrogens (primary N) is 1. The Balaban J connectivity index is 1.56. The van der Waals surface area contributed by atoms with Gasteiger partial charge >= 0.3 is 0 Å². The molecule has 30 heavy (non-hydrogen) atoms. The number of aliphatic hydroxyl groups is 1. The molecule has 1 fully saturated rings. The molecular weight excluding hydrogens is 392 g/mol. The summed E-state index contributed by atoms with van der Waals surface area (Å²) in [5, 5.41) is 10.9. The lowest BCUT2D eigenvalue weighted by Gasteiger charge is -2.38.